The first kappa shape index (κ1) is 16.2. The van der Waals surface area contributed by atoms with Crippen LogP contribution < -0.4 is 5.32 Å². The molecule has 0 amide bonds. The molecule has 0 aromatic heterocycles. The first-order valence-corrected chi connectivity index (χ1v) is 7.07. The summed E-state index contributed by atoms with van der Waals surface area (Å²) < 4.78 is 13.1. The van der Waals surface area contributed by atoms with Gasteiger partial charge in [-0.3, -0.25) is 19.8 Å². The molecule has 1 fully saturated rings. The molecule has 0 saturated heterocycles. The normalized spacial score (nSPS) is 20.5. The maximum atomic E-state index is 13.1. The maximum absolute atomic E-state index is 13.1. The molecule has 120 valence electrons. The number of nitro groups is 1. The SMILES string of the molecule is CCN(CC(=O)O)C1CC(Nc2ccc(F)cc2[N+](=O)[O-])C1. The predicted molar refractivity (Wildman–Crippen MR) is 78.4 cm³/mol. The number of halogens is 1. The van der Waals surface area contributed by atoms with Crippen LogP contribution in [0.3, 0.4) is 0 Å². The minimum Gasteiger partial charge on any atom is -0.480 e. The highest BCUT2D eigenvalue weighted by Gasteiger charge is 2.34. The van der Waals surface area contributed by atoms with Gasteiger partial charge >= 0.3 is 5.97 Å². The van der Waals surface area contributed by atoms with E-state index in [2.05, 4.69) is 5.32 Å². The van der Waals surface area contributed by atoms with E-state index in [0.29, 0.717) is 19.4 Å². The quantitative estimate of drug-likeness (QED) is 0.591. The topological polar surface area (TPSA) is 95.7 Å². The zero-order valence-corrected chi connectivity index (χ0v) is 12.2. The van der Waals surface area contributed by atoms with Gasteiger partial charge in [0.15, 0.2) is 0 Å². The van der Waals surface area contributed by atoms with Gasteiger partial charge in [-0.05, 0) is 31.5 Å². The van der Waals surface area contributed by atoms with E-state index in [1.54, 1.807) is 0 Å². The van der Waals surface area contributed by atoms with Crippen molar-refractivity contribution in [3.8, 4) is 0 Å². The van der Waals surface area contributed by atoms with E-state index in [-0.39, 0.29) is 30.0 Å². The van der Waals surface area contributed by atoms with Gasteiger partial charge in [0, 0.05) is 12.1 Å². The summed E-state index contributed by atoms with van der Waals surface area (Å²) in [5.41, 5.74) is -0.00235. The molecule has 0 aliphatic heterocycles. The summed E-state index contributed by atoms with van der Waals surface area (Å²) in [7, 11) is 0. The molecule has 0 unspecified atom stereocenters. The highest BCUT2D eigenvalue weighted by atomic mass is 19.1. The van der Waals surface area contributed by atoms with Gasteiger partial charge < -0.3 is 10.4 Å². The summed E-state index contributed by atoms with van der Waals surface area (Å²) in [6.07, 6.45) is 1.41. The van der Waals surface area contributed by atoms with E-state index in [9.17, 15) is 19.3 Å². The number of hydrogen-bond acceptors (Lipinski definition) is 5. The second kappa shape index (κ2) is 6.69. The second-order valence-electron chi connectivity index (χ2n) is 5.34. The molecule has 1 saturated carbocycles. The third kappa shape index (κ3) is 3.70. The summed E-state index contributed by atoms with van der Waals surface area (Å²) in [5.74, 6) is -1.52. The van der Waals surface area contributed by atoms with Crippen LogP contribution in [0.2, 0.25) is 0 Å². The number of carboxylic acid groups (broad SMARTS) is 1. The van der Waals surface area contributed by atoms with Gasteiger partial charge in [0.25, 0.3) is 5.69 Å². The number of carbonyl (C=O) groups is 1. The number of carboxylic acids is 1. The lowest BCUT2D eigenvalue weighted by Gasteiger charge is -2.42. The predicted octanol–water partition coefficient (Wildman–Crippen LogP) is 2.08. The molecule has 0 atom stereocenters. The number of benzene rings is 1. The molecular weight excluding hydrogens is 293 g/mol. The third-order valence-corrected chi connectivity index (χ3v) is 3.89. The fourth-order valence-electron chi connectivity index (χ4n) is 2.67. The Kier molecular flexibility index (Phi) is 4.92. The molecule has 0 heterocycles. The van der Waals surface area contributed by atoms with Crippen LogP contribution >= 0.6 is 0 Å². The van der Waals surface area contributed by atoms with Crippen molar-refractivity contribution in [3.63, 3.8) is 0 Å². The number of anilines is 1. The van der Waals surface area contributed by atoms with Gasteiger partial charge in [-0.15, -0.1) is 0 Å². The van der Waals surface area contributed by atoms with Crippen LogP contribution in [0.4, 0.5) is 15.8 Å². The van der Waals surface area contributed by atoms with Gasteiger partial charge in [-0.2, -0.15) is 0 Å². The molecule has 0 bridgehead atoms. The smallest absolute Gasteiger partial charge is 0.317 e. The van der Waals surface area contributed by atoms with Crippen molar-refractivity contribution in [2.75, 3.05) is 18.4 Å². The highest BCUT2D eigenvalue weighted by Crippen LogP contribution is 2.32. The Balaban J connectivity index is 1.95. The maximum Gasteiger partial charge on any atom is 0.317 e. The van der Waals surface area contributed by atoms with Crippen LogP contribution in [0.25, 0.3) is 0 Å². The Morgan fingerprint density at radius 1 is 1.55 bits per heavy atom. The van der Waals surface area contributed by atoms with Crippen molar-refractivity contribution in [1.29, 1.82) is 0 Å². The number of nitrogens with one attached hydrogen (secondary N) is 1. The number of nitrogens with zero attached hydrogens (tertiary/aromatic N) is 2. The fourth-order valence-corrected chi connectivity index (χ4v) is 2.67. The van der Waals surface area contributed by atoms with Gasteiger partial charge in [0.1, 0.15) is 11.5 Å². The summed E-state index contributed by atoms with van der Waals surface area (Å²) in [5, 5.41) is 22.8. The molecule has 2 N–H and O–H groups in total. The monoisotopic (exact) mass is 311 g/mol. The summed E-state index contributed by atoms with van der Waals surface area (Å²) in [6.45, 7) is 2.53. The third-order valence-electron chi connectivity index (χ3n) is 3.89. The highest BCUT2D eigenvalue weighted by molar-refractivity contribution is 5.69. The van der Waals surface area contributed by atoms with Crippen molar-refractivity contribution in [2.45, 2.75) is 31.8 Å². The molecule has 0 spiro atoms. The summed E-state index contributed by atoms with van der Waals surface area (Å²) in [6, 6.07) is 3.60. The zero-order valence-electron chi connectivity index (χ0n) is 12.2. The number of aliphatic carboxylic acids is 1. The van der Waals surface area contributed by atoms with Crippen molar-refractivity contribution in [3.05, 3.63) is 34.1 Å². The van der Waals surface area contributed by atoms with Crippen LogP contribution in [0.15, 0.2) is 18.2 Å². The van der Waals surface area contributed by atoms with Crippen molar-refractivity contribution in [2.24, 2.45) is 0 Å². The number of hydrogen-bond donors (Lipinski definition) is 2. The molecule has 1 aromatic rings. The lowest BCUT2D eigenvalue weighted by atomic mass is 9.85. The fraction of sp³-hybridized carbons (Fsp3) is 0.500. The molecule has 1 aromatic carbocycles. The summed E-state index contributed by atoms with van der Waals surface area (Å²) >= 11 is 0. The molecule has 2 rings (SSSR count). The van der Waals surface area contributed by atoms with Crippen LogP contribution in [0.5, 0.6) is 0 Å². The first-order chi connectivity index (χ1) is 10.4. The lowest BCUT2D eigenvalue weighted by Crippen LogP contribution is -2.51. The number of likely N-dealkylation sites (N-methyl/N-ethyl adjacent to an activating group) is 1. The Morgan fingerprint density at radius 3 is 2.77 bits per heavy atom. The van der Waals surface area contributed by atoms with Crippen molar-refractivity contribution in [1.82, 2.24) is 4.90 Å². The van der Waals surface area contributed by atoms with Crippen LogP contribution in [-0.2, 0) is 4.79 Å². The average molecular weight is 311 g/mol. The molecular formula is C14H18FN3O4. The van der Waals surface area contributed by atoms with Gasteiger partial charge in [-0.1, -0.05) is 6.92 Å². The lowest BCUT2D eigenvalue weighted by molar-refractivity contribution is -0.384. The molecule has 1 aliphatic carbocycles. The standard InChI is InChI=1S/C14H18FN3O4/c1-2-17(8-14(19)20)11-6-10(7-11)16-12-4-3-9(15)5-13(12)18(21)22/h3-5,10-11,16H,2,6-8H2,1H3,(H,19,20). The van der Waals surface area contributed by atoms with Gasteiger partial charge in [-0.25, -0.2) is 4.39 Å². The summed E-state index contributed by atoms with van der Waals surface area (Å²) in [4.78, 5) is 22.9. The van der Waals surface area contributed by atoms with Crippen molar-refractivity contribution < 1.29 is 19.2 Å². The van der Waals surface area contributed by atoms with Gasteiger partial charge in [0.2, 0.25) is 0 Å². The minimum absolute atomic E-state index is 0.00934. The van der Waals surface area contributed by atoms with Crippen LogP contribution in [0, 0.1) is 15.9 Å². The zero-order chi connectivity index (χ0) is 16.3. The Morgan fingerprint density at radius 2 is 2.23 bits per heavy atom. The largest absolute Gasteiger partial charge is 0.480 e. The van der Waals surface area contributed by atoms with E-state index in [4.69, 9.17) is 5.11 Å². The second-order valence-corrected chi connectivity index (χ2v) is 5.34. The molecule has 22 heavy (non-hydrogen) atoms. The van der Waals surface area contributed by atoms with Crippen LogP contribution in [-0.4, -0.2) is 46.1 Å². The van der Waals surface area contributed by atoms with E-state index in [0.717, 1.165) is 6.07 Å². The van der Waals surface area contributed by atoms with E-state index >= 15 is 0 Å². The van der Waals surface area contributed by atoms with E-state index in [1.807, 2.05) is 11.8 Å². The molecule has 1 aliphatic rings. The molecule has 7 nitrogen and oxygen atoms in total. The first-order valence-electron chi connectivity index (χ1n) is 7.07. The van der Waals surface area contributed by atoms with E-state index < -0.39 is 16.7 Å². The average Bonchev–Trinajstić information content (AvgIpc) is 2.41. The Hall–Kier alpha value is -2.22. The van der Waals surface area contributed by atoms with Crippen molar-refractivity contribution >= 4 is 17.3 Å². The number of nitro benzene ring substituents is 1. The Bertz CT molecular complexity index is 575. The van der Waals surface area contributed by atoms with E-state index in [1.165, 1.54) is 12.1 Å². The Labute approximate surface area is 126 Å². The van der Waals surface area contributed by atoms with Crippen LogP contribution in [0.1, 0.15) is 19.8 Å². The van der Waals surface area contributed by atoms with Gasteiger partial charge in [0.05, 0.1) is 17.5 Å². The molecule has 8 heteroatoms. The minimum atomic E-state index is -0.868. The molecule has 0 radical (unpaired) electrons. The number of rotatable bonds is 7.